The second kappa shape index (κ2) is 7.35. The summed E-state index contributed by atoms with van der Waals surface area (Å²) in [6, 6.07) is 5.24. The monoisotopic (exact) mass is 375 g/mol. The maximum absolute atomic E-state index is 12.0. The molecule has 10 heteroatoms. The van der Waals surface area contributed by atoms with Crippen molar-refractivity contribution in [1.82, 2.24) is 14.3 Å². The van der Waals surface area contributed by atoms with E-state index < -0.39 is 16.0 Å². The lowest BCUT2D eigenvalue weighted by atomic mass is 10.2. The molecule has 0 fully saturated rings. The average molecular weight is 376 g/mol. The fourth-order valence-electron chi connectivity index (χ4n) is 1.65. The van der Waals surface area contributed by atoms with Crippen LogP contribution in [0.3, 0.4) is 0 Å². The molecule has 124 valence electrons. The quantitative estimate of drug-likeness (QED) is 0.777. The molecule has 0 saturated heterocycles. The van der Waals surface area contributed by atoms with Crippen molar-refractivity contribution < 1.29 is 17.9 Å². The summed E-state index contributed by atoms with van der Waals surface area (Å²) in [4.78, 5) is 12.0. The van der Waals surface area contributed by atoms with Crippen molar-refractivity contribution in [2.45, 2.75) is 31.4 Å². The van der Waals surface area contributed by atoms with E-state index in [1.807, 2.05) is 0 Å². The van der Waals surface area contributed by atoms with Crippen LogP contribution in [0.25, 0.3) is 0 Å². The van der Waals surface area contributed by atoms with Crippen molar-refractivity contribution in [1.29, 1.82) is 0 Å². The van der Waals surface area contributed by atoms with Crippen LogP contribution in [0.15, 0.2) is 29.2 Å². The maximum atomic E-state index is 12.0. The fraction of sp³-hybridized carbons (Fsp3) is 0.308. The zero-order valence-electron chi connectivity index (χ0n) is 12.3. The maximum Gasteiger partial charge on any atom is 0.338 e. The summed E-state index contributed by atoms with van der Waals surface area (Å²) in [7, 11) is -3.59. The van der Waals surface area contributed by atoms with Crippen LogP contribution in [0.2, 0.25) is 4.34 Å². The number of carbonyl (C=O) groups is 1. The zero-order chi connectivity index (χ0) is 17.0. The Hall–Kier alpha value is -1.55. The summed E-state index contributed by atoms with van der Waals surface area (Å²) in [5.74, 6) is -0.602. The molecular weight excluding hydrogens is 362 g/mol. The van der Waals surface area contributed by atoms with E-state index in [0.717, 1.165) is 11.5 Å². The fourth-order valence-corrected chi connectivity index (χ4v) is 3.50. The minimum atomic E-state index is -3.59. The van der Waals surface area contributed by atoms with Crippen molar-refractivity contribution in [3.63, 3.8) is 0 Å². The third-order valence-corrected chi connectivity index (χ3v) is 5.30. The second-order valence-corrected chi connectivity index (χ2v) is 7.94. The van der Waals surface area contributed by atoms with Gasteiger partial charge in [-0.2, -0.15) is 0 Å². The van der Waals surface area contributed by atoms with Crippen molar-refractivity contribution >= 4 is 39.1 Å². The highest BCUT2D eigenvalue weighted by molar-refractivity contribution is 7.89. The normalized spacial score (nSPS) is 11.7. The first-order valence-corrected chi connectivity index (χ1v) is 9.19. The van der Waals surface area contributed by atoms with Crippen LogP contribution >= 0.6 is 23.1 Å². The van der Waals surface area contributed by atoms with Crippen LogP contribution in [0, 0.1) is 0 Å². The zero-order valence-corrected chi connectivity index (χ0v) is 14.7. The minimum Gasteiger partial charge on any atom is -0.455 e. The molecule has 0 bridgehead atoms. The van der Waals surface area contributed by atoms with Crippen molar-refractivity contribution in [3.8, 4) is 0 Å². The van der Waals surface area contributed by atoms with E-state index in [-0.39, 0.29) is 23.1 Å². The highest BCUT2D eigenvalue weighted by atomic mass is 35.5. The molecule has 0 unspecified atom stereocenters. The summed E-state index contributed by atoms with van der Waals surface area (Å²) in [6.07, 6.45) is 0. The van der Waals surface area contributed by atoms with Crippen molar-refractivity contribution in [3.05, 3.63) is 39.9 Å². The van der Waals surface area contributed by atoms with Crippen molar-refractivity contribution in [2.75, 3.05) is 0 Å². The number of nitrogens with zero attached hydrogens (tertiary/aromatic N) is 2. The molecule has 7 nitrogen and oxygen atoms in total. The van der Waals surface area contributed by atoms with E-state index in [4.69, 9.17) is 16.3 Å². The number of sulfonamides is 1. The first kappa shape index (κ1) is 17.8. The van der Waals surface area contributed by atoms with E-state index in [1.54, 1.807) is 13.8 Å². The molecule has 2 rings (SSSR count). The molecule has 1 aromatic heterocycles. The SMILES string of the molecule is CC(C)NS(=O)(=O)c1ccc(C(=O)OCc2nnsc2Cl)cc1. The Balaban J connectivity index is 2.04. The van der Waals surface area contributed by atoms with Crippen LogP contribution in [0.4, 0.5) is 0 Å². The number of ether oxygens (including phenoxy) is 1. The first-order valence-electron chi connectivity index (χ1n) is 6.56. The molecule has 0 saturated carbocycles. The van der Waals surface area contributed by atoms with E-state index in [0.29, 0.717) is 10.0 Å². The van der Waals surface area contributed by atoms with Gasteiger partial charge in [-0.05, 0) is 38.1 Å². The van der Waals surface area contributed by atoms with Crippen LogP contribution in [0.5, 0.6) is 0 Å². The van der Waals surface area contributed by atoms with Gasteiger partial charge in [0.25, 0.3) is 0 Å². The smallest absolute Gasteiger partial charge is 0.338 e. The Morgan fingerprint density at radius 3 is 2.52 bits per heavy atom. The predicted octanol–water partition coefficient (Wildman–Crippen LogP) is 2.24. The summed E-state index contributed by atoms with van der Waals surface area (Å²) < 4.78 is 35.5. The van der Waals surface area contributed by atoms with Crippen LogP contribution in [-0.4, -0.2) is 30.0 Å². The molecule has 0 aliphatic heterocycles. The van der Waals surface area contributed by atoms with E-state index in [9.17, 15) is 13.2 Å². The molecule has 0 radical (unpaired) electrons. The third kappa shape index (κ3) is 4.71. The molecule has 1 aromatic carbocycles. The first-order chi connectivity index (χ1) is 10.8. The Kier molecular flexibility index (Phi) is 5.69. The predicted molar refractivity (Wildman–Crippen MR) is 85.9 cm³/mol. The lowest BCUT2D eigenvalue weighted by molar-refractivity contribution is 0.0468. The average Bonchev–Trinajstić information content (AvgIpc) is 2.89. The van der Waals surface area contributed by atoms with Crippen LogP contribution in [0.1, 0.15) is 29.9 Å². The molecule has 1 heterocycles. The number of benzene rings is 1. The molecule has 0 atom stereocenters. The minimum absolute atomic E-state index is 0.0782. The van der Waals surface area contributed by atoms with Gasteiger partial charge in [0, 0.05) is 17.6 Å². The molecule has 23 heavy (non-hydrogen) atoms. The van der Waals surface area contributed by atoms with Crippen LogP contribution in [-0.2, 0) is 21.4 Å². The van der Waals surface area contributed by atoms with E-state index >= 15 is 0 Å². The summed E-state index contributed by atoms with van der Waals surface area (Å²) >= 11 is 6.81. The van der Waals surface area contributed by atoms with Gasteiger partial charge in [-0.15, -0.1) is 5.10 Å². The summed E-state index contributed by atoms with van der Waals surface area (Å²) in [6.45, 7) is 3.35. The Labute approximate surface area is 142 Å². The number of hydrogen-bond donors (Lipinski definition) is 1. The van der Waals surface area contributed by atoms with Gasteiger partial charge >= 0.3 is 5.97 Å². The number of esters is 1. The van der Waals surface area contributed by atoms with E-state index in [2.05, 4.69) is 14.3 Å². The Morgan fingerprint density at radius 2 is 2.00 bits per heavy atom. The standard InChI is InChI=1S/C13H14ClN3O4S2/c1-8(2)16-23(19,20)10-5-3-9(4-6-10)13(18)21-7-11-12(14)22-17-15-11/h3-6,8,16H,7H2,1-2H3. The van der Waals surface area contributed by atoms with Gasteiger partial charge in [-0.25, -0.2) is 17.9 Å². The lowest BCUT2D eigenvalue weighted by Gasteiger charge is -2.10. The highest BCUT2D eigenvalue weighted by Crippen LogP contribution is 2.18. The molecule has 0 amide bonds. The van der Waals surface area contributed by atoms with E-state index in [1.165, 1.54) is 24.3 Å². The summed E-state index contributed by atoms with van der Waals surface area (Å²) in [5.41, 5.74) is 0.609. The summed E-state index contributed by atoms with van der Waals surface area (Å²) in [5, 5.41) is 3.73. The Bertz CT molecular complexity index is 788. The van der Waals surface area contributed by atoms with Gasteiger partial charge in [0.1, 0.15) is 16.6 Å². The molecule has 1 N–H and O–H groups in total. The third-order valence-electron chi connectivity index (χ3n) is 2.64. The molecular formula is C13H14ClN3O4S2. The number of halogens is 1. The molecule has 2 aromatic rings. The number of hydrogen-bond acceptors (Lipinski definition) is 7. The van der Waals surface area contributed by atoms with Gasteiger partial charge in [-0.3, -0.25) is 0 Å². The largest absolute Gasteiger partial charge is 0.455 e. The van der Waals surface area contributed by atoms with Gasteiger partial charge in [0.2, 0.25) is 10.0 Å². The van der Waals surface area contributed by atoms with Gasteiger partial charge in [0.05, 0.1) is 10.5 Å². The molecule has 0 aliphatic carbocycles. The topological polar surface area (TPSA) is 98.2 Å². The van der Waals surface area contributed by atoms with Gasteiger partial charge < -0.3 is 4.74 Å². The second-order valence-electron chi connectivity index (χ2n) is 4.87. The number of carbonyl (C=O) groups excluding carboxylic acids is 1. The highest BCUT2D eigenvalue weighted by Gasteiger charge is 2.17. The number of rotatable bonds is 6. The van der Waals surface area contributed by atoms with Gasteiger partial charge in [-0.1, -0.05) is 16.1 Å². The number of nitrogens with one attached hydrogen (secondary N) is 1. The molecule has 0 aliphatic rings. The Morgan fingerprint density at radius 1 is 1.35 bits per heavy atom. The lowest BCUT2D eigenvalue weighted by Crippen LogP contribution is -2.30. The van der Waals surface area contributed by atoms with Crippen molar-refractivity contribution in [2.24, 2.45) is 0 Å². The number of aromatic nitrogens is 2. The molecule has 0 spiro atoms. The van der Waals surface area contributed by atoms with Gasteiger partial charge in [0.15, 0.2) is 0 Å². The van der Waals surface area contributed by atoms with Crippen LogP contribution < -0.4 is 4.72 Å².